The van der Waals surface area contributed by atoms with Crippen molar-refractivity contribution in [1.82, 2.24) is 20.4 Å². The molecule has 0 aliphatic heterocycles. The van der Waals surface area contributed by atoms with Crippen LogP contribution in [-0.4, -0.2) is 21.0 Å². The van der Waals surface area contributed by atoms with Gasteiger partial charge >= 0.3 is 6.18 Å². The molecule has 0 fully saturated rings. The van der Waals surface area contributed by atoms with Crippen molar-refractivity contribution < 1.29 is 22.5 Å². The Hall–Kier alpha value is -2.45. The molecule has 22 heavy (non-hydrogen) atoms. The average molecular weight is 314 g/mol. The summed E-state index contributed by atoms with van der Waals surface area (Å²) >= 11 is 0. The van der Waals surface area contributed by atoms with Crippen LogP contribution >= 0.6 is 0 Å². The van der Waals surface area contributed by atoms with Crippen LogP contribution in [0.15, 0.2) is 23.0 Å². The molecular weight excluding hydrogens is 301 g/mol. The van der Waals surface area contributed by atoms with E-state index in [0.29, 0.717) is 6.20 Å². The van der Waals surface area contributed by atoms with Gasteiger partial charge in [0.05, 0.1) is 16.7 Å². The van der Waals surface area contributed by atoms with E-state index >= 15 is 0 Å². The van der Waals surface area contributed by atoms with Crippen LogP contribution in [-0.2, 0) is 16.5 Å². The molecular formula is C13H13F3N4O2. The molecule has 0 saturated carbocycles. The maximum Gasteiger partial charge on any atom is 0.418 e. The van der Waals surface area contributed by atoms with Gasteiger partial charge in [-0.2, -0.15) is 18.2 Å². The lowest BCUT2D eigenvalue weighted by molar-refractivity contribution is -0.137. The van der Waals surface area contributed by atoms with E-state index in [0.717, 1.165) is 6.07 Å². The first-order valence-corrected chi connectivity index (χ1v) is 6.26. The van der Waals surface area contributed by atoms with Crippen LogP contribution in [0.2, 0.25) is 0 Å². The van der Waals surface area contributed by atoms with Crippen molar-refractivity contribution in [3.8, 4) is 11.5 Å². The van der Waals surface area contributed by atoms with Crippen LogP contribution in [0.5, 0.6) is 0 Å². The molecule has 0 aliphatic carbocycles. The Morgan fingerprint density at radius 1 is 1.32 bits per heavy atom. The zero-order valence-electron chi connectivity index (χ0n) is 12.0. The van der Waals surface area contributed by atoms with Crippen molar-refractivity contribution in [2.45, 2.75) is 32.5 Å². The van der Waals surface area contributed by atoms with Gasteiger partial charge in [0.15, 0.2) is 5.82 Å². The number of alkyl halides is 3. The smallest absolute Gasteiger partial charge is 0.344 e. The molecule has 118 valence electrons. The molecule has 0 aromatic carbocycles. The summed E-state index contributed by atoms with van der Waals surface area (Å²) in [5, 5.41) is 6.24. The number of halogens is 3. The summed E-state index contributed by atoms with van der Waals surface area (Å²) in [6.07, 6.45) is -2.70. The lowest BCUT2D eigenvalue weighted by Crippen LogP contribution is -2.40. The molecule has 0 bridgehead atoms. The number of hydrogen-bond acceptors (Lipinski definition) is 5. The molecule has 1 amide bonds. The number of hydrogen-bond donors (Lipinski definition) is 1. The molecule has 0 radical (unpaired) electrons. The molecule has 0 spiro atoms. The lowest BCUT2D eigenvalue weighted by atomic mass is 10.0. The highest BCUT2D eigenvalue weighted by atomic mass is 19.4. The van der Waals surface area contributed by atoms with Gasteiger partial charge in [0, 0.05) is 19.3 Å². The first-order chi connectivity index (χ1) is 10.1. The summed E-state index contributed by atoms with van der Waals surface area (Å²) in [4.78, 5) is 18.6. The van der Waals surface area contributed by atoms with Crippen LogP contribution in [0.1, 0.15) is 32.2 Å². The van der Waals surface area contributed by atoms with Gasteiger partial charge in [-0.25, -0.2) is 0 Å². The van der Waals surface area contributed by atoms with Gasteiger partial charge in [-0.1, -0.05) is 5.16 Å². The maximum absolute atomic E-state index is 13.0. The van der Waals surface area contributed by atoms with E-state index < -0.39 is 17.3 Å². The monoisotopic (exact) mass is 314 g/mol. The number of carbonyl (C=O) groups excluding carboxylic acids is 1. The van der Waals surface area contributed by atoms with Crippen molar-refractivity contribution >= 4 is 5.91 Å². The highest BCUT2D eigenvalue weighted by Crippen LogP contribution is 2.36. The fourth-order valence-electron chi connectivity index (χ4n) is 1.89. The van der Waals surface area contributed by atoms with Gasteiger partial charge < -0.3 is 9.84 Å². The Morgan fingerprint density at radius 2 is 2.00 bits per heavy atom. The standard InChI is InChI=1S/C13H13F3N4O2/c1-7(21)19-12(2,3)11-18-10(22-20-11)8-4-5-17-6-9(8)13(14,15)16/h4-6H,1-3H3,(H,19,21). The number of amides is 1. The van der Waals surface area contributed by atoms with Crippen LogP contribution in [0.3, 0.4) is 0 Å². The largest absolute Gasteiger partial charge is 0.418 e. The minimum atomic E-state index is -4.59. The van der Waals surface area contributed by atoms with Crippen LogP contribution in [0.4, 0.5) is 13.2 Å². The SMILES string of the molecule is CC(=O)NC(C)(C)c1noc(-c2ccncc2C(F)(F)F)n1. The summed E-state index contributed by atoms with van der Waals surface area (Å²) < 4.78 is 43.8. The zero-order valence-corrected chi connectivity index (χ0v) is 12.0. The first kappa shape index (κ1) is 15.9. The number of nitrogens with zero attached hydrogens (tertiary/aromatic N) is 3. The minimum absolute atomic E-state index is 0.0719. The van der Waals surface area contributed by atoms with E-state index in [1.54, 1.807) is 13.8 Å². The second-order valence-corrected chi connectivity index (χ2v) is 5.15. The third kappa shape index (κ3) is 3.23. The quantitative estimate of drug-likeness (QED) is 0.941. The molecule has 2 aromatic heterocycles. The predicted molar refractivity (Wildman–Crippen MR) is 69.4 cm³/mol. The Kier molecular flexibility index (Phi) is 3.90. The van der Waals surface area contributed by atoms with Crippen LogP contribution < -0.4 is 5.32 Å². The Bertz CT molecular complexity index is 695. The topological polar surface area (TPSA) is 80.9 Å². The van der Waals surface area contributed by atoms with E-state index in [1.807, 2.05) is 0 Å². The van der Waals surface area contributed by atoms with E-state index in [-0.39, 0.29) is 23.2 Å². The number of carbonyl (C=O) groups is 1. The molecule has 2 rings (SSSR count). The zero-order chi connectivity index (χ0) is 16.5. The molecule has 6 nitrogen and oxygen atoms in total. The first-order valence-electron chi connectivity index (χ1n) is 6.26. The van der Waals surface area contributed by atoms with Gasteiger partial charge in [0.25, 0.3) is 5.89 Å². The lowest BCUT2D eigenvalue weighted by Gasteiger charge is -2.20. The summed E-state index contributed by atoms with van der Waals surface area (Å²) in [7, 11) is 0. The van der Waals surface area contributed by atoms with Crippen molar-refractivity contribution in [2.24, 2.45) is 0 Å². The highest BCUT2D eigenvalue weighted by Gasteiger charge is 2.36. The van der Waals surface area contributed by atoms with Crippen molar-refractivity contribution in [3.63, 3.8) is 0 Å². The van der Waals surface area contributed by atoms with Crippen molar-refractivity contribution in [3.05, 3.63) is 29.8 Å². The Morgan fingerprint density at radius 3 is 2.59 bits per heavy atom. The third-order valence-electron chi connectivity index (χ3n) is 2.83. The molecule has 0 atom stereocenters. The highest BCUT2D eigenvalue weighted by molar-refractivity contribution is 5.73. The van der Waals surface area contributed by atoms with Gasteiger partial charge in [0.2, 0.25) is 5.91 Å². The second-order valence-electron chi connectivity index (χ2n) is 5.15. The number of pyridine rings is 1. The van der Waals surface area contributed by atoms with Crippen LogP contribution in [0, 0.1) is 0 Å². The van der Waals surface area contributed by atoms with Gasteiger partial charge in [-0.3, -0.25) is 9.78 Å². The van der Waals surface area contributed by atoms with E-state index in [9.17, 15) is 18.0 Å². The molecule has 2 heterocycles. The number of aromatic nitrogens is 3. The number of nitrogens with one attached hydrogen (secondary N) is 1. The van der Waals surface area contributed by atoms with E-state index in [2.05, 4.69) is 20.4 Å². The minimum Gasteiger partial charge on any atom is -0.344 e. The fraction of sp³-hybridized carbons (Fsp3) is 0.385. The third-order valence-corrected chi connectivity index (χ3v) is 2.83. The Labute approximate surface area is 123 Å². The molecule has 1 N–H and O–H groups in total. The van der Waals surface area contributed by atoms with Gasteiger partial charge in [0.1, 0.15) is 0 Å². The molecule has 0 unspecified atom stereocenters. The molecule has 0 saturated heterocycles. The summed E-state index contributed by atoms with van der Waals surface area (Å²) in [6, 6.07) is 1.14. The van der Waals surface area contributed by atoms with Crippen LogP contribution in [0.25, 0.3) is 11.5 Å². The summed E-state index contributed by atoms with van der Waals surface area (Å²) in [5.74, 6) is -0.540. The van der Waals surface area contributed by atoms with E-state index in [1.165, 1.54) is 13.1 Å². The summed E-state index contributed by atoms with van der Waals surface area (Å²) in [6.45, 7) is 4.54. The fourth-order valence-corrected chi connectivity index (χ4v) is 1.89. The van der Waals surface area contributed by atoms with Crippen molar-refractivity contribution in [2.75, 3.05) is 0 Å². The summed E-state index contributed by atoms with van der Waals surface area (Å²) in [5.41, 5.74) is -2.21. The second kappa shape index (κ2) is 5.39. The van der Waals surface area contributed by atoms with Gasteiger partial charge in [-0.05, 0) is 19.9 Å². The maximum atomic E-state index is 13.0. The molecule has 2 aromatic rings. The average Bonchev–Trinajstić information content (AvgIpc) is 2.86. The normalized spacial score (nSPS) is 12.3. The van der Waals surface area contributed by atoms with E-state index in [4.69, 9.17) is 4.52 Å². The van der Waals surface area contributed by atoms with Gasteiger partial charge in [-0.15, -0.1) is 0 Å². The predicted octanol–water partition coefficient (Wildman–Crippen LogP) is 2.52. The Balaban J connectivity index is 2.44. The van der Waals surface area contributed by atoms with Crippen molar-refractivity contribution in [1.29, 1.82) is 0 Å². The molecule has 0 aliphatic rings. The molecule has 9 heteroatoms. The number of rotatable bonds is 3.